The molecule has 100 valence electrons. The second kappa shape index (κ2) is 5.57. The summed E-state index contributed by atoms with van der Waals surface area (Å²) in [5.41, 5.74) is 2.28. The topological polar surface area (TPSA) is 56.3 Å². The van der Waals surface area contributed by atoms with Gasteiger partial charge in [0, 0.05) is 22.5 Å². The Kier molecular flexibility index (Phi) is 4.04. The SMILES string of the molecule is Cc1cc(C(Br)Cc2ccc([N+](=O)[O-])cc2)c(C)o1. The highest BCUT2D eigenvalue weighted by Gasteiger charge is 2.15. The van der Waals surface area contributed by atoms with Crippen LogP contribution in [0.3, 0.4) is 0 Å². The number of rotatable bonds is 4. The number of hydrogen-bond acceptors (Lipinski definition) is 3. The summed E-state index contributed by atoms with van der Waals surface area (Å²) in [6.07, 6.45) is 0.762. The first-order chi connectivity index (χ1) is 8.97. The number of benzene rings is 1. The van der Waals surface area contributed by atoms with Gasteiger partial charge in [0.15, 0.2) is 0 Å². The molecule has 1 aromatic heterocycles. The third kappa shape index (κ3) is 3.23. The average Bonchev–Trinajstić information content (AvgIpc) is 2.69. The highest BCUT2D eigenvalue weighted by Crippen LogP contribution is 2.31. The van der Waals surface area contributed by atoms with Crippen molar-refractivity contribution in [2.45, 2.75) is 25.1 Å². The lowest BCUT2D eigenvalue weighted by atomic mass is 10.0. The van der Waals surface area contributed by atoms with Crippen LogP contribution in [0.15, 0.2) is 34.7 Å². The van der Waals surface area contributed by atoms with Gasteiger partial charge in [-0.05, 0) is 31.9 Å². The molecule has 2 aromatic rings. The van der Waals surface area contributed by atoms with Crippen LogP contribution >= 0.6 is 15.9 Å². The van der Waals surface area contributed by atoms with Crippen molar-refractivity contribution in [1.82, 2.24) is 0 Å². The fourth-order valence-corrected chi connectivity index (χ4v) is 2.86. The fraction of sp³-hybridized carbons (Fsp3) is 0.286. The predicted octanol–water partition coefficient (Wildman–Crippen LogP) is 4.48. The highest BCUT2D eigenvalue weighted by molar-refractivity contribution is 9.09. The molecule has 0 spiro atoms. The Morgan fingerprint density at radius 3 is 2.42 bits per heavy atom. The van der Waals surface area contributed by atoms with E-state index in [0.29, 0.717) is 0 Å². The van der Waals surface area contributed by atoms with Crippen LogP contribution in [0.1, 0.15) is 27.5 Å². The van der Waals surface area contributed by atoms with Crippen LogP contribution in [0.4, 0.5) is 5.69 Å². The van der Waals surface area contributed by atoms with Crippen molar-refractivity contribution >= 4 is 21.6 Å². The van der Waals surface area contributed by atoms with Gasteiger partial charge >= 0.3 is 0 Å². The van der Waals surface area contributed by atoms with E-state index >= 15 is 0 Å². The number of hydrogen-bond donors (Lipinski definition) is 0. The number of halogens is 1. The van der Waals surface area contributed by atoms with Crippen molar-refractivity contribution in [3.05, 3.63) is 63.1 Å². The number of nitrogens with zero attached hydrogens (tertiary/aromatic N) is 1. The lowest BCUT2D eigenvalue weighted by molar-refractivity contribution is -0.384. The Balaban J connectivity index is 2.12. The number of nitro groups is 1. The summed E-state index contributed by atoms with van der Waals surface area (Å²) in [5.74, 6) is 1.79. The molecule has 0 bridgehead atoms. The first kappa shape index (κ1) is 13.8. The van der Waals surface area contributed by atoms with Gasteiger partial charge in [0.05, 0.1) is 4.92 Å². The van der Waals surface area contributed by atoms with Crippen molar-refractivity contribution in [3.63, 3.8) is 0 Å². The number of nitro benzene ring substituents is 1. The van der Waals surface area contributed by atoms with E-state index in [9.17, 15) is 10.1 Å². The van der Waals surface area contributed by atoms with Gasteiger partial charge in [0.2, 0.25) is 0 Å². The van der Waals surface area contributed by atoms with Gasteiger partial charge in [0.1, 0.15) is 11.5 Å². The van der Waals surface area contributed by atoms with Crippen LogP contribution in [0.5, 0.6) is 0 Å². The van der Waals surface area contributed by atoms with Crippen molar-refractivity contribution in [2.75, 3.05) is 0 Å². The standard InChI is InChI=1S/C14H14BrNO3/c1-9-7-13(10(2)19-9)14(15)8-11-3-5-12(6-4-11)16(17)18/h3-7,14H,8H2,1-2H3. The molecule has 0 N–H and O–H groups in total. The zero-order valence-electron chi connectivity index (χ0n) is 10.7. The Morgan fingerprint density at radius 2 is 1.95 bits per heavy atom. The molecule has 19 heavy (non-hydrogen) atoms. The molecule has 0 fully saturated rings. The Labute approximate surface area is 119 Å². The van der Waals surface area contributed by atoms with E-state index in [1.807, 2.05) is 19.9 Å². The van der Waals surface area contributed by atoms with Gasteiger partial charge in [-0.15, -0.1) is 0 Å². The molecular formula is C14H14BrNO3. The maximum atomic E-state index is 10.6. The Bertz CT molecular complexity index is 589. The average molecular weight is 324 g/mol. The molecule has 0 amide bonds. The number of non-ortho nitro benzene ring substituents is 1. The molecule has 0 radical (unpaired) electrons. The van der Waals surface area contributed by atoms with Gasteiger partial charge in [0.25, 0.3) is 5.69 Å². The van der Waals surface area contributed by atoms with Crippen LogP contribution in [0, 0.1) is 24.0 Å². The highest BCUT2D eigenvalue weighted by atomic mass is 79.9. The van der Waals surface area contributed by atoms with Crippen molar-refractivity contribution in [2.24, 2.45) is 0 Å². The molecule has 1 aromatic carbocycles. The van der Waals surface area contributed by atoms with Crippen molar-refractivity contribution < 1.29 is 9.34 Å². The summed E-state index contributed by atoms with van der Waals surface area (Å²) >= 11 is 3.64. The predicted molar refractivity (Wildman–Crippen MR) is 76.7 cm³/mol. The van der Waals surface area contributed by atoms with Crippen LogP contribution in [-0.4, -0.2) is 4.92 Å². The summed E-state index contributed by atoms with van der Waals surface area (Å²) in [6, 6.07) is 8.65. The molecule has 0 saturated carbocycles. The summed E-state index contributed by atoms with van der Waals surface area (Å²) in [6.45, 7) is 3.86. The first-order valence-electron chi connectivity index (χ1n) is 5.91. The molecule has 1 atom stereocenters. The quantitative estimate of drug-likeness (QED) is 0.473. The molecule has 0 saturated heterocycles. The number of aryl methyl sites for hydroxylation is 2. The second-order valence-corrected chi connectivity index (χ2v) is 5.57. The minimum atomic E-state index is -0.390. The van der Waals surface area contributed by atoms with E-state index < -0.39 is 0 Å². The zero-order valence-corrected chi connectivity index (χ0v) is 12.3. The van der Waals surface area contributed by atoms with Crippen LogP contribution in [0.2, 0.25) is 0 Å². The van der Waals surface area contributed by atoms with Crippen molar-refractivity contribution in [3.8, 4) is 0 Å². The molecular weight excluding hydrogens is 310 g/mol. The smallest absolute Gasteiger partial charge is 0.269 e. The Hall–Kier alpha value is -1.62. The van der Waals surface area contributed by atoms with E-state index in [-0.39, 0.29) is 15.4 Å². The van der Waals surface area contributed by atoms with Gasteiger partial charge in [-0.2, -0.15) is 0 Å². The van der Waals surface area contributed by atoms with Gasteiger partial charge in [-0.3, -0.25) is 10.1 Å². The third-order valence-electron chi connectivity index (χ3n) is 2.98. The molecule has 1 unspecified atom stereocenters. The van der Waals surface area contributed by atoms with E-state index in [1.54, 1.807) is 12.1 Å². The van der Waals surface area contributed by atoms with E-state index in [2.05, 4.69) is 15.9 Å². The normalized spacial score (nSPS) is 12.4. The monoisotopic (exact) mass is 323 g/mol. The lowest BCUT2D eigenvalue weighted by Gasteiger charge is -2.08. The molecule has 2 rings (SSSR count). The number of alkyl halides is 1. The van der Waals surface area contributed by atoms with E-state index in [0.717, 1.165) is 29.1 Å². The molecule has 0 aliphatic rings. The fourth-order valence-electron chi connectivity index (χ4n) is 2.03. The largest absolute Gasteiger partial charge is 0.466 e. The molecule has 5 heteroatoms. The molecule has 0 aliphatic heterocycles. The van der Waals surface area contributed by atoms with E-state index in [4.69, 9.17) is 4.42 Å². The third-order valence-corrected chi connectivity index (χ3v) is 3.80. The maximum absolute atomic E-state index is 10.6. The minimum absolute atomic E-state index is 0.116. The minimum Gasteiger partial charge on any atom is -0.466 e. The molecule has 0 aliphatic carbocycles. The first-order valence-corrected chi connectivity index (χ1v) is 6.83. The van der Waals surface area contributed by atoms with Gasteiger partial charge in [-0.25, -0.2) is 0 Å². The molecule has 1 heterocycles. The van der Waals surface area contributed by atoms with Gasteiger partial charge < -0.3 is 4.42 Å². The summed E-state index contributed by atoms with van der Waals surface area (Å²) in [7, 11) is 0. The molecule has 4 nitrogen and oxygen atoms in total. The summed E-state index contributed by atoms with van der Waals surface area (Å²) in [4.78, 5) is 10.3. The van der Waals surface area contributed by atoms with Crippen LogP contribution in [-0.2, 0) is 6.42 Å². The number of furan rings is 1. The summed E-state index contributed by atoms with van der Waals surface area (Å²) in [5, 5.41) is 10.6. The lowest BCUT2D eigenvalue weighted by Crippen LogP contribution is -1.96. The van der Waals surface area contributed by atoms with Gasteiger partial charge in [-0.1, -0.05) is 28.1 Å². The van der Waals surface area contributed by atoms with E-state index in [1.165, 1.54) is 12.1 Å². The van der Waals surface area contributed by atoms with Crippen molar-refractivity contribution in [1.29, 1.82) is 0 Å². The van der Waals surface area contributed by atoms with Crippen LogP contribution < -0.4 is 0 Å². The Morgan fingerprint density at radius 1 is 1.32 bits per heavy atom. The second-order valence-electron chi connectivity index (χ2n) is 4.46. The summed E-state index contributed by atoms with van der Waals surface area (Å²) < 4.78 is 5.50. The zero-order chi connectivity index (χ0) is 14.0. The van der Waals surface area contributed by atoms with Crippen LogP contribution in [0.25, 0.3) is 0 Å². The maximum Gasteiger partial charge on any atom is 0.269 e.